The summed E-state index contributed by atoms with van der Waals surface area (Å²) < 4.78 is 13.6. The maximum atomic E-state index is 13.6. The Kier molecular flexibility index (Phi) is 5.36. The molecule has 1 rings (SSSR count). The second-order valence-corrected chi connectivity index (χ2v) is 4.36. The number of hydrogen-bond acceptors (Lipinski definition) is 3. The molecule has 0 saturated heterocycles. The summed E-state index contributed by atoms with van der Waals surface area (Å²) in [7, 11) is 3.86. The molecule has 0 aliphatic rings. The largest absolute Gasteiger partial charge is 0.308 e. The number of nitriles is 1. The molecule has 1 aromatic rings. The Morgan fingerprint density at radius 3 is 2.76 bits per heavy atom. The molecule has 1 atom stereocenters. The van der Waals surface area contributed by atoms with E-state index in [-0.39, 0.29) is 10.6 Å². The van der Waals surface area contributed by atoms with E-state index in [1.54, 1.807) is 6.07 Å². The van der Waals surface area contributed by atoms with Crippen molar-refractivity contribution < 1.29 is 4.39 Å². The van der Waals surface area contributed by atoms with Gasteiger partial charge in [-0.05, 0) is 26.2 Å². The number of benzene rings is 1. The summed E-state index contributed by atoms with van der Waals surface area (Å²) in [4.78, 5) is 1.98. The summed E-state index contributed by atoms with van der Waals surface area (Å²) in [6, 6.07) is 5.71. The van der Waals surface area contributed by atoms with Crippen LogP contribution in [0.2, 0.25) is 5.02 Å². The summed E-state index contributed by atoms with van der Waals surface area (Å²) in [5.74, 6) is -0.457. The molecular formula is C12H15ClFN3. The van der Waals surface area contributed by atoms with Gasteiger partial charge in [0.1, 0.15) is 11.9 Å². The Balaban J connectivity index is 2.77. The van der Waals surface area contributed by atoms with Crippen LogP contribution in [0.5, 0.6) is 0 Å². The molecule has 0 bridgehead atoms. The third-order valence-corrected chi connectivity index (χ3v) is 2.65. The summed E-state index contributed by atoms with van der Waals surface area (Å²) in [6.07, 6.45) is 0. The van der Waals surface area contributed by atoms with E-state index in [9.17, 15) is 4.39 Å². The van der Waals surface area contributed by atoms with Crippen LogP contribution in [-0.4, -0.2) is 32.1 Å². The summed E-state index contributed by atoms with van der Waals surface area (Å²) >= 11 is 5.90. The molecule has 3 nitrogen and oxygen atoms in total. The van der Waals surface area contributed by atoms with Crippen molar-refractivity contribution in [3.8, 4) is 6.07 Å². The topological polar surface area (TPSA) is 39.1 Å². The predicted molar refractivity (Wildman–Crippen MR) is 66.3 cm³/mol. The van der Waals surface area contributed by atoms with Gasteiger partial charge in [-0.15, -0.1) is 0 Å². The number of hydrogen-bond donors (Lipinski definition) is 1. The molecule has 0 aliphatic heterocycles. The van der Waals surface area contributed by atoms with Crippen LogP contribution in [0.4, 0.5) is 4.39 Å². The minimum atomic E-state index is -0.719. The first kappa shape index (κ1) is 13.9. The van der Waals surface area contributed by atoms with Crippen molar-refractivity contribution in [3.63, 3.8) is 0 Å². The SMILES string of the molecule is CN(C)CCNC(C#N)c1c(F)cccc1Cl. The molecule has 0 fully saturated rings. The van der Waals surface area contributed by atoms with Crippen molar-refractivity contribution in [2.45, 2.75) is 6.04 Å². The van der Waals surface area contributed by atoms with Crippen LogP contribution >= 0.6 is 11.6 Å². The fourth-order valence-corrected chi connectivity index (χ4v) is 1.70. The zero-order valence-corrected chi connectivity index (χ0v) is 10.6. The molecule has 1 aromatic carbocycles. The Morgan fingerprint density at radius 1 is 1.53 bits per heavy atom. The molecule has 0 heterocycles. The zero-order chi connectivity index (χ0) is 12.8. The lowest BCUT2D eigenvalue weighted by atomic mass is 10.1. The molecule has 0 spiro atoms. The van der Waals surface area contributed by atoms with Gasteiger partial charge in [0.15, 0.2) is 0 Å². The number of halogens is 2. The lowest BCUT2D eigenvalue weighted by Gasteiger charge is -2.16. The van der Waals surface area contributed by atoms with E-state index in [2.05, 4.69) is 5.32 Å². The van der Waals surface area contributed by atoms with Crippen molar-refractivity contribution in [2.24, 2.45) is 0 Å². The van der Waals surface area contributed by atoms with Gasteiger partial charge in [-0.3, -0.25) is 5.32 Å². The van der Waals surface area contributed by atoms with Gasteiger partial charge >= 0.3 is 0 Å². The number of likely N-dealkylation sites (N-methyl/N-ethyl adjacent to an activating group) is 1. The van der Waals surface area contributed by atoms with Gasteiger partial charge in [-0.1, -0.05) is 17.7 Å². The average molecular weight is 256 g/mol. The summed E-state index contributed by atoms with van der Waals surface area (Å²) in [5, 5.41) is 12.3. The van der Waals surface area contributed by atoms with Crippen molar-refractivity contribution >= 4 is 11.6 Å². The lowest BCUT2D eigenvalue weighted by Crippen LogP contribution is -2.29. The molecule has 0 aromatic heterocycles. The molecule has 0 radical (unpaired) electrons. The highest BCUT2D eigenvalue weighted by atomic mass is 35.5. The first-order valence-electron chi connectivity index (χ1n) is 5.28. The first-order chi connectivity index (χ1) is 8.06. The monoisotopic (exact) mass is 255 g/mol. The van der Waals surface area contributed by atoms with Gasteiger partial charge in [-0.25, -0.2) is 4.39 Å². The molecule has 17 heavy (non-hydrogen) atoms. The van der Waals surface area contributed by atoms with E-state index in [0.717, 1.165) is 6.54 Å². The first-order valence-corrected chi connectivity index (χ1v) is 5.65. The Hall–Kier alpha value is -1.15. The number of nitrogens with one attached hydrogen (secondary N) is 1. The van der Waals surface area contributed by atoms with Crippen molar-refractivity contribution in [1.29, 1.82) is 5.26 Å². The van der Waals surface area contributed by atoms with E-state index in [1.807, 2.05) is 25.1 Å². The molecule has 0 aliphatic carbocycles. The van der Waals surface area contributed by atoms with Gasteiger partial charge in [-0.2, -0.15) is 5.26 Å². The standard InChI is InChI=1S/C12H15ClFN3/c1-17(2)7-6-16-11(8-15)12-9(13)4-3-5-10(12)14/h3-5,11,16H,6-7H2,1-2H3. The second kappa shape index (κ2) is 6.55. The molecule has 1 unspecified atom stereocenters. The van der Waals surface area contributed by atoms with Gasteiger partial charge in [0.25, 0.3) is 0 Å². The van der Waals surface area contributed by atoms with E-state index in [1.165, 1.54) is 12.1 Å². The molecular weight excluding hydrogens is 241 g/mol. The van der Waals surface area contributed by atoms with Crippen LogP contribution in [-0.2, 0) is 0 Å². The van der Waals surface area contributed by atoms with Crippen LogP contribution in [0.1, 0.15) is 11.6 Å². The predicted octanol–water partition coefficient (Wildman–Crippen LogP) is 2.19. The van der Waals surface area contributed by atoms with Gasteiger partial charge in [0.2, 0.25) is 0 Å². The minimum Gasteiger partial charge on any atom is -0.308 e. The maximum Gasteiger partial charge on any atom is 0.130 e. The smallest absolute Gasteiger partial charge is 0.130 e. The van der Waals surface area contributed by atoms with Gasteiger partial charge in [0, 0.05) is 23.7 Å². The summed E-state index contributed by atoms with van der Waals surface area (Å²) in [6.45, 7) is 1.36. The van der Waals surface area contributed by atoms with Gasteiger partial charge in [0.05, 0.1) is 6.07 Å². The van der Waals surface area contributed by atoms with E-state index in [0.29, 0.717) is 6.54 Å². The van der Waals surface area contributed by atoms with Crippen molar-refractivity contribution in [2.75, 3.05) is 27.2 Å². The Labute approximate surface area is 106 Å². The van der Waals surface area contributed by atoms with Crippen LogP contribution in [0.25, 0.3) is 0 Å². The average Bonchev–Trinajstić information content (AvgIpc) is 2.26. The highest BCUT2D eigenvalue weighted by Gasteiger charge is 2.17. The molecule has 1 N–H and O–H groups in total. The molecule has 92 valence electrons. The molecule has 0 saturated carbocycles. The lowest BCUT2D eigenvalue weighted by molar-refractivity contribution is 0.393. The van der Waals surface area contributed by atoms with Crippen molar-refractivity contribution in [3.05, 3.63) is 34.6 Å². The van der Waals surface area contributed by atoms with Crippen LogP contribution in [0, 0.1) is 17.1 Å². The zero-order valence-electron chi connectivity index (χ0n) is 9.87. The van der Waals surface area contributed by atoms with Crippen LogP contribution < -0.4 is 5.32 Å². The van der Waals surface area contributed by atoms with E-state index >= 15 is 0 Å². The minimum absolute atomic E-state index is 0.218. The number of nitrogens with zero attached hydrogens (tertiary/aromatic N) is 2. The molecule has 0 amide bonds. The highest BCUT2D eigenvalue weighted by Crippen LogP contribution is 2.25. The third-order valence-electron chi connectivity index (χ3n) is 2.32. The Bertz CT molecular complexity index is 394. The quantitative estimate of drug-likeness (QED) is 0.877. The second-order valence-electron chi connectivity index (χ2n) is 3.95. The van der Waals surface area contributed by atoms with Crippen LogP contribution in [0.3, 0.4) is 0 Å². The van der Waals surface area contributed by atoms with Crippen molar-refractivity contribution in [1.82, 2.24) is 10.2 Å². The normalized spacial score (nSPS) is 12.5. The van der Waals surface area contributed by atoms with Crippen LogP contribution in [0.15, 0.2) is 18.2 Å². The fourth-order valence-electron chi connectivity index (χ4n) is 1.43. The summed E-state index contributed by atoms with van der Waals surface area (Å²) in [5.41, 5.74) is 0.218. The van der Waals surface area contributed by atoms with Gasteiger partial charge < -0.3 is 4.90 Å². The molecule has 5 heteroatoms. The van der Waals surface area contributed by atoms with E-state index in [4.69, 9.17) is 16.9 Å². The Morgan fingerprint density at radius 2 is 2.24 bits per heavy atom. The third kappa shape index (κ3) is 3.97. The number of rotatable bonds is 5. The fraction of sp³-hybridized carbons (Fsp3) is 0.417. The highest BCUT2D eigenvalue weighted by molar-refractivity contribution is 6.31. The maximum absolute atomic E-state index is 13.6. The van der Waals surface area contributed by atoms with E-state index < -0.39 is 11.9 Å².